The maximum absolute atomic E-state index is 8.59. The molecule has 1 aromatic carbocycles. The van der Waals surface area contributed by atoms with E-state index in [9.17, 15) is 0 Å². The largest absolute Gasteiger partial charge is 0.707 e. The maximum atomic E-state index is 8.59. The highest BCUT2D eigenvalue weighted by Gasteiger charge is 2.13. The minimum Gasteiger partial charge on any atom is -0.512 e. The van der Waals surface area contributed by atoms with Crippen molar-refractivity contribution in [2.45, 2.75) is 6.61 Å². The summed E-state index contributed by atoms with van der Waals surface area (Å²) in [4.78, 5) is 0. The Balaban J connectivity index is 2.78. The summed E-state index contributed by atoms with van der Waals surface area (Å²) in [6.07, 6.45) is 0. The first-order valence-electron chi connectivity index (χ1n) is 3.83. The highest BCUT2D eigenvalue weighted by Crippen LogP contribution is 2.18. The maximum Gasteiger partial charge on any atom is 0.707 e. The molecule has 0 saturated heterocycles. The zero-order valence-corrected chi connectivity index (χ0v) is 7.30. The minimum atomic E-state index is -1.79. The third-order valence-corrected chi connectivity index (χ3v) is 1.50. The molecule has 0 bridgehead atoms. The van der Waals surface area contributed by atoms with Crippen LogP contribution in [0.1, 0.15) is 5.56 Å². The van der Waals surface area contributed by atoms with Crippen molar-refractivity contribution in [1.82, 2.24) is 0 Å². The fourth-order valence-corrected chi connectivity index (χ4v) is 1.01. The SMILES string of the molecule is COCc1ccccc1OB(O)O. The summed E-state index contributed by atoms with van der Waals surface area (Å²) in [5.41, 5.74) is 0.776. The molecule has 5 heteroatoms. The second-order valence-corrected chi connectivity index (χ2v) is 2.48. The summed E-state index contributed by atoms with van der Waals surface area (Å²) >= 11 is 0. The summed E-state index contributed by atoms with van der Waals surface area (Å²) < 4.78 is 9.64. The van der Waals surface area contributed by atoms with Gasteiger partial charge in [0.2, 0.25) is 0 Å². The van der Waals surface area contributed by atoms with E-state index in [1.165, 1.54) is 0 Å². The van der Waals surface area contributed by atoms with Crippen molar-refractivity contribution in [3.63, 3.8) is 0 Å². The molecule has 0 spiro atoms. The fourth-order valence-electron chi connectivity index (χ4n) is 1.01. The van der Waals surface area contributed by atoms with Crippen LogP contribution in [0.15, 0.2) is 24.3 Å². The van der Waals surface area contributed by atoms with Crippen molar-refractivity contribution in [3.05, 3.63) is 29.8 Å². The Labute approximate surface area is 76.9 Å². The van der Waals surface area contributed by atoms with E-state index in [1.54, 1.807) is 25.3 Å². The van der Waals surface area contributed by atoms with Crippen LogP contribution in [0.3, 0.4) is 0 Å². The predicted octanol–water partition coefficient (Wildman–Crippen LogP) is 0.181. The van der Waals surface area contributed by atoms with Gasteiger partial charge in [0.25, 0.3) is 0 Å². The first-order valence-corrected chi connectivity index (χ1v) is 3.83. The molecule has 4 nitrogen and oxygen atoms in total. The van der Waals surface area contributed by atoms with Crippen LogP contribution in [-0.2, 0) is 11.3 Å². The molecule has 13 heavy (non-hydrogen) atoms. The normalized spacial score (nSPS) is 9.77. The molecule has 2 N–H and O–H groups in total. The van der Waals surface area contributed by atoms with Crippen LogP contribution >= 0.6 is 0 Å². The van der Waals surface area contributed by atoms with E-state index in [0.717, 1.165) is 5.56 Å². The van der Waals surface area contributed by atoms with Gasteiger partial charge in [-0.05, 0) is 6.07 Å². The van der Waals surface area contributed by atoms with Crippen molar-refractivity contribution >= 4 is 7.32 Å². The molecular formula is C8H11BO4. The molecule has 0 aliphatic rings. The van der Waals surface area contributed by atoms with E-state index < -0.39 is 7.32 Å². The number of para-hydroxylation sites is 1. The Bertz CT molecular complexity index is 264. The Morgan fingerprint density at radius 3 is 2.62 bits per heavy atom. The Morgan fingerprint density at radius 2 is 2.00 bits per heavy atom. The van der Waals surface area contributed by atoms with E-state index in [-0.39, 0.29) is 0 Å². The average Bonchev–Trinajstić information content (AvgIpc) is 2.08. The molecule has 1 rings (SSSR count). The Hall–Kier alpha value is -1.04. The lowest BCUT2D eigenvalue weighted by Gasteiger charge is -2.09. The van der Waals surface area contributed by atoms with Crippen LogP contribution in [0.4, 0.5) is 0 Å². The quantitative estimate of drug-likeness (QED) is 0.652. The van der Waals surface area contributed by atoms with Gasteiger partial charge in [-0.1, -0.05) is 18.2 Å². The van der Waals surface area contributed by atoms with Crippen LogP contribution in [0, 0.1) is 0 Å². The van der Waals surface area contributed by atoms with E-state index >= 15 is 0 Å². The third kappa shape index (κ3) is 3.06. The van der Waals surface area contributed by atoms with Gasteiger partial charge in [0, 0.05) is 12.7 Å². The molecule has 0 aliphatic carbocycles. The summed E-state index contributed by atoms with van der Waals surface area (Å²) in [5.74, 6) is 0.416. The van der Waals surface area contributed by atoms with E-state index in [2.05, 4.69) is 0 Å². The molecular weight excluding hydrogens is 171 g/mol. The molecule has 0 atom stereocenters. The Morgan fingerprint density at radius 1 is 1.31 bits per heavy atom. The number of hydrogen-bond acceptors (Lipinski definition) is 4. The fraction of sp³-hybridized carbons (Fsp3) is 0.250. The van der Waals surface area contributed by atoms with Gasteiger partial charge in [0.05, 0.1) is 6.61 Å². The van der Waals surface area contributed by atoms with Crippen molar-refractivity contribution < 1.29 is 19.4 Å². The highest BCUT2D eigenvalue weighted by molar-refractivity contribution is 6.33. The second-order valence-electron chi connectivity index (χ2n) is 2.48. The van der Waals surface area contributed by atoms with Gasteiger partial charge in [0.15, 0.2) is 0 Å². The van der Waals surface area contributed by atoms with Crippen molar-refractivity contribution in [1.29, 1.82) is 0 Å². The monoisotopic (exact) mass is 182 g/mol. The third-order valence-electron chi connectivity index (χ3n) is 1.50. The molecule has 0 unspecified atom stereocenters. The molecule has 0 amide bonds. The smallest absolute Gasteiger partial charge is 0.512 e. The number of hydrogen-bond donors (Lipinski definition) is 2. The Kier molecular flexibility index (Phi) is 3.76. The molecule has 1 aromatic rings. The molecule has 70 valence electrons. The van der Waals surface area contributed by atoms with Gasteiger partial charge in [-0.2, -0.15) is 0 Å². The van der Waals surface area contributed by atoms with Crippen LogP contribution in [-0.4, -0.2) is 24.5 Å². The van der Waals surface area contributed by atoms with Gasteiger partial charge in [0.1, 0.15) is 5.75 Å². The van der Waals surface area contributed by atoms with Gasteiger partial charge < -0.3 is 19.4 Å². The number of ether oxygens (including phenoxy) is 1. The zero-order valence-electron chi connectivity index (χ0n) is 7.30. The topological polar surface area (TPSA) is 58.9 Å². The van der Waals surface area contributed by atoms with Crippen molar-refractivity contribution in [3.8, 4) is 5.75 Å². The van der Waals surface area contributed by atoms with Gasteiger partial charge in [-0.25, -0.2) is 0 Å². The molecule has 0 heterocycles. The lowest BCUT2D eigenvalue weighted by molar-refractivity contribution is 0.181. The summed E-state index contributed by atoms with van der Waals surface area (Å²) in [6, 6.07) is 7.01. The number of methoxy groups -OCH3 is 1. The van der Waals surface area contributed by atoms with Gasteiger partial charge in [-0.15, -0.1) is 0 Å². The molecule has 0 fully saturated rings. The first-order chi connectivity index (χ1) is 6.24. The van der Waals surface area contributed by atoms with E-state index in [1.807, 2.05) is 6.07 Å². The molecule has 0 aliphatic heterocycles. The molecule has 0 aromatic heterocycles. The van der Waals surface area contributed by atoms with Gasteiger partial charge in [-0.3, -0.25) is 0 Å². The molecule has 0 radical (unpaired) electrons. The van der Waals surface area contributed by atoms with Crippen molar-refractivity contribution in [2.24, 2.45) is 0 Å². The standard InChI is InChI=1S/C8H11BO4/c1-12-6-7-4-2-3-5-8(7)13-9(10)11/h2-5,10-11H,6H2,1H3. The minimum absolute atomic E-state index is 0.378. The zero-order chi connectivity index (χ0) is 9.68. The lowest BCUT2D eigenvalue weighted by atomic mass is 10.2. The average molecular weight is 182 g/mol. The highest BCUT2D eigenvalue weighted by atomic mass is 16.6. The van der Waals surface area contributed by atoms with Crippen molar-refractivity contribution in [2.75, 3.05) is 7.11 Å². The lowest BCUT2D eigenvalue weighted by Crippen LogP contribution is -2.21. The van der Waals surface area contributed by atoms with Crippen LogP contribution < -0.4 is 4.65 Å². The summed E-state index contributed by atoms with van der Waals surface area (Å²) in [6.45, 7) is 0.378. The first kappa shape index (κ1) is 10.0. The van der Waals surface area contributed by atoms with E-state index in [0.29, 0.717) is 12.4 Å². The molecule has 0 saturated carbocycles. The van der Waals surface area contributed by atoms with Crippen LogP contribution in [0.2, 0.25) is 0 Å². The summed E-state index contributed by atoms with van der Waals surface area (Å²) in [5, 5.41) is 17.2. The summed E-state index contributed by atoms with van der Waals surface area (Å²) in [7, 11) is -0.232. The van der Waals surface area contributed by atoms with E-state index in [4.69, 9.17) is 19.4 Å². The second kappa shape index (κ2) is 4.86. The number of benzene rings is 1. The van der Waals surface area contributed by atoms with Gasteiger partial charge >= 0.3 is 7.32 Å². The predicted molar refractivity (Wildman–Crippen MR) is 48.0 cm³/mol. The number of rotatable bonds is 4. The van der Waals surface area contributed by atoms with Crippen LogP contribution in [0.5, 0.6) is 5.75 Å². The van der Waals surface area contributed by atoms with Crippen LogP contribution in [0.25, 0.3) is 0 Å².